The highest BCUT2D eigenvalue weighted by molar-refractivity contribution is 5.28. The van der Waals surface area contributed by atoms with Crippen molar-refractivity contribution in [1.29, 1.82) is 0 Å². The topological polar surface area (TPSA) is 26.0 Å². The van der Waals surface area contributed by atoms with Gasteiger partial charge in [0.2, 0.25) is 0 Å². The van der Waals surface area contributed by atoms with Crippen molar-refractivity contribution in [2.24, 2.45) is 23.5 Å². The van der Waals surface area contributed by atoms with Gasteiger partial charge in [0.25, 0.3) is 0 Å². The van der Waals surface area contributed by atoms with E-state index < -0.39 is 17.7 Å². The fourth-order valence-corrected chi connectivity index (χ4v) is 3.34. The molecular weight excluding hydrogens is 256 g/mol. The molecule has 1 aliphatic carbocycles. The molecule has 20 heavy (non-hydrogen) atoms. The third-order valence-electron chi connectivity index (χ3n) is 4.93. The average molecular weight is 281 g/mol. The maximum Gasteiger partial charge on any atom is 0.163 e. The van der Waals surface area contributed by atoms with E-state index in [0.29, 0.717) is 17.0 Å². The van der Waals surface area contributed by atoms with Crippen LogP contribution in [0.15, 0.2) is 12.1 Å². The number of halogens is 2. The van der Waals surface area contributed by atoms with E-state index in [0.717, 1.165) is 31.6 Å². The van der Waals surface area contributed by atoms with Gasteiger partial charge in [0.05, 0.1) is 0 Å². The fraction of sp³-hybridized carbons (Fsp3) is 0.647. The molecule has 1 atom stereocenters. The lowest BCUT2D eigenvalue weighted by Crippen LogP contribution is -2.28. The molecule has 1 aromatic rings. The highest BCUT2D eigenvalue weighted by Crippen LogP contribution is 2.39. The third-order valence-corrected chi connectivity index (χ3v) is 4.93. The van der Waals surface area contributed by atoms with Crippen LogP contribution in [0.2, 0.25) is 0 Å². The van der Waals surface area contributed by atoms with Gasteiger partial charge in [-0.25, -0.2) is 8.78 Å². The molecule has 0 aromatic heterocycles. The SMILES string of the molecule is Cc1ccc(C(N)C2CCC(C(C)C)CC2)c(F)c1F. The first-order chi connectivity index (χ1) is 9.41. The van der Waals surface area contributed by atoms with Crippen LogP contribution in [0.1, 0.15) is 56.7 Å². The number of aryl methyl sites for hydroxylation is 1. The summed E-state index contributed by atoms with van der Waals surface area (Å²) < 4.78 is 27.7. The number of hydrogen-bond donors (Lipinski definition) is 1. The summed E-state index contributed by atoms with van der Waals surface area (Å²) in [5.74, 6) is 0.192. The van der Waals surface area contributed by atoms with Crippen molar-refractivity contribution in [3.8, 4) is 0 Å². The van der Waals surface area contributed by atoms with Gasteiger partial charge in [0, 0.05) is 11.6 Å². The monoisotopic (exact) mass is 281 g/mol. The van der Waals surface area contributed by atoms with Crippen molar-refractivity contribution in [1.82, 2.24) is 0 Å². The standard InChI is InChI=1S/C17H25F2N/c1-10(2)12-5-7-13(8-6-12)17(20)14-9-4-11(3)15(18)16(14)19/h4,9-10,12-13,17H,5-8,20H2,1-3H3. The van der Waals surface area contributed by atoms with Crippen LogP contribution in [0, 0.1) is 36.3 Å². The van der Waals surface area contributed by atoms with Gasteiger partial charge >= 0.3 is 0 Å². The molecule has 1 aliphatic rings. The molecule has 2 N–H and O–H groups in total. The Balaban J connectivity index is 2.09. The van der Waals surface area contributed by atoms with Gasteiger partial charge < -0.3 is 5.73 Å². The summed E-state index contributed by atoms with van der Waals surface area (Å²) in [6.45, 7) is 6.07. The summed E-state index contributed by atoms with van der Waals surface area (Å²) in [5, 5.41) is 0. The largest absolute Gasteiger partial charge is 0.324 e. The molecule has 0 aliphatic heterocycles. The highest BCUT2D eigenvalue weighted by atomic mass is 19.2. The van der Waals surface area contributed by atoms with E-state index in [2.05, 4.69) is 13.8 Å². The van der Waals surface area contributed by atoms with E-state index in [1.165, 1.54) is 0 Å². The smallest absolute Gasteiger partial charge is 0.163 e. The van der Waals surface area contributed by atoms with Crippen molar-refractivity contribution in [2.45, 2.75) is 52.5 Å². The third kappa shape index (κ3) is 3.03. The van der Waals surface area contributed by atoms with Crippen molar-refractivity contribution >= 4 is 0 Å². The summed E-state index contributed by atoms with van der Waals surface area (Å²) in [6, 6.07) is 2.87. The lowest BCUT2D eigenvalue weighted by Gasteiger charge is -2.34. The van der Waals surface area contributed by atoms with Crippen LogP contribution >= 0.6 is 0 Å². The Kier molecular flexibility index (Phi) is 4.79. The summed E-state index contributed by atoms with van der Waals surface area (Å²) in [5.41, 5.74) is 6.87. The summed E-state index contributed by atoms with van der Waals surface area (Å²) >= 11 is 0. The van der Waals surface area contributed by atoms with Crippen LogP contribution in [-0.2, 0) is 0 Å². The maximum absolute atomic E-state index is 14.0. The lowest BCUT2D eigenvalue weighted by atomic mass is 9.73. The summed E-state index contributed by atoms with van der Waals surface area (Å²) in [7, 11) is 0. The van der Waals surface area contributed by atoms with Crippen LogP contribution in [0.3, 0.4) is 0 Å². The van der Waals surface area contributed by atoms with E-state index in [1.54, 1.807) is 19.1 Å². The Bertz CT molecular complexity index is 462. The van der Waals surface area contributed by atoms with Gasteiger partial charge in [-0.1, -0.05) is 26.0 Å². The summed E-state index contributed by atoms with van der Waals surface area (Å²) in [6.07, 6.45) is 4.32. The molecule has 0 spiro atoms. The molecule has 3 heteroatoms. The van der Waals surface area contributed by atoms with E-state index in [-0.39, 0.29) is 5.92 Å². The van der Waals surface area contributed by atoms with E-state index in [9.17, 15) is 8.78 Å². The Labute approximate surface area is 120 Å². The first-order valence-electron chi connectivity index (χ1n) is 7.62. The van der Waals surface area contributed by atoms with Gasteiger partial charge in [-0.05, 0) is 55.9 Å². The second-order valence-electron chi connectivity index (χ2n) is 6.54. The lowest BCUT2D eigenvalue weighted by molar-refractivity contribution is 0.202. The van der Waals surface area contributed by atoms with Gasteiger partial charge in [-0.15, -0.1) is 0 Å². The van der Waals surface area contributed by atoms with Gasteiger partial charge in [0.15, 0.2) is 11.6 Å². The Morgan fingerprint density at radius 2 is 1.55 bits per heavy atom. The van der Waals surface area contributed by atoms with Gasteiger partial charge in [-0.3, -0.25) is 0 Å². The fourth-order valence-electron chi connectivity index (χ4n) is 3.34. The predicted molar refractivity (Wildman–Crippen MR) is 78.3 cm³/mol. The van der Waals surface area contributed by atoms with E-state index in [4.69, 9.17) is 5.73 Å². The van der Waals surface area contributed by atoms with Crippen LogP contribution in [0.4, 0.5) is 8.78 Å². The minimum atomic E-state index is -0.761. The van der Waals surface area contributed by atoms with Crippen LogP contribution in [0.25, 0.3) is 0 Å². The molecule has 1 aromatic carbocycles. The zero-order valence-corrected chi connectivity index (χ0v) is 12.6. The zero-order chi connectivity index (χ0) is 14.9. The average Bonchev–Trinajstić information content (AvgIpc) is 2.44. The molecule has 2 rings (SSSR count). The van der Waals surface area contributed by atoms with E-state index in [1.807, 2.05) is 0 Å². The minimum absolute atomic E-state index is 0.265. The van der Waals surface area contributed by atoms with Crippen molar-refractivity contribution < 1.29 is 8.78 Å². The minimum Gasteiger partial charge on any atom is -0.324 e. The first kappa shape index (κ1) is 15.4. The normalized spacial score (nSPS) is 24.9. The Hall–Kier alpha value is -0.960. The number of hydrogen-bond acceptors (Lipinski definition) is 1. The molecule has 1 saturated carbocycles. The van der Waals surface area contributed by atoms with Crippen molar-refractivity contribution in [2.75, 3.05) is 0 Å². The predicted octanol–water partition coefficient (Wildman–Crippen LogP) is 4.74. The van der Waals surface area contributed by atoms with Crippen LogP contribution in [-0.4, -0.2) is 0 Å². The molecule has 1 unspecified atom stereocenters. The highest BCUT2D eigenvalue weighted by Gasteiger charge is 2.29. The molecule has 112 valence electrons. The van der Waals surface area contributed by atoms with Crippen molar-refractivity contribution in [3.63, 3.8) is 0 Å². The first-order valence-corrected chi connectivity index (χ1v) is 7.62. The molecule has 0 radical (unpaired) electrons. The van der Waals surface area contributed by atoms with Crippen LogP contribution < -0.4 is 5.73 Å². The number of rotatable bonds is 3. The molecule has 1 nitrogen and oxygen atoms in total. The second-order valence-corrected chi connectivity index (χ2v) is 6.54. The Morgan fingerprint density at radius 1 is 1.00 bits per heavy atom. The van der Waals surface area contributed by atoms with E-state index >= 15 is 0 Å². The quantitative estimate of drug-likeness (QED) is 0.851. The molecule has 0 amide bonds. The number of nitrogens with two attached hydrogens (primary N) is 1. The number of benzene rings is 1. The summed E-state index contributed by atoms with van der Waals surface area (Å²) in [4.78, 5) is 0. The molecular formula is C17H25F2N. The zero-order valence-electron chi connectivity index (χ0n) is 12.6. The molecule has 0 saturated heterocycles. The second kappa shape index (κ2) is 6.21. The van der Waals surface area contributed by atoms with Crippen LogP contribution in [0.5, 0.6) is 0 Å². The van der Waals surface area contributed by atoms with Gasteiger partial charge in [-0.2, -0.15) is 0 Å². The van der Waals surface area contributed by atoms with Crippen molar-refractivity contribution in [3.05, 3.63) is 34.9 Å². The molecule has 1 fully saturated rings. The molecule has 0 heterocycles. The maximum atomic E-state index is 14.0. The Morgan fingerprint density at radius 3 is 2.10 bits per heavy atom. The molecule has 0 bridgehead atoms. The van der Waals surface area contributed by atoms with Gasteiger partial charge in [0.1, 0.15) is 0 Å².